The Balaban J connectivity index is 1.94. The summed E-state index contributed by atoms with van der Waals surface area (Å²) < 4.78 is 5.82. The molecule has 0 saturated heterocycles. The number of aliphatic carboxylic acids is 1. The van der Waals surface area contributed by atoms with E-state index in [1.54, 1.807) is 0 Å². The molecular formula is C20H23NO4. The fourth-order valence-electron chi connectivity index (χ4n) is 3.38. The van der Waals surface area contributed by atoms with Crippen LogP contribution in [0.5, 0.6) is 0 Å². The third-order valence-electron chi connectivity index (χ3n) is 4.58. The zero-order chi connectivity index (χ0) is 18.0. The lowest BCUT2D eigenvalue weighted by Gasteiger charge is -2.21. The summed E-state index contributed by atoms with van der Waals surface area (Å²) >= 11 is 0. The molecule has 2 atom stereocenters. The van der Waals surface area contributed by atoms with Gasteiger partial charge >= 0.3 is 5.97 Å². The summed E-state index contributed by atoms with van der Waals surface area (Å²) in [4.78, 5) is 11.5. The number of furan rings is 1. The van der Waals surface area contributed by atoms with E-state index < -0.39 is 17.9 Å². The van der Waals surface area contributed by atoms with Crippen molar-refractivity contribution in [3.8, 4) is 0 Å². The van der Waals surface area contributed by atoms with Crippen LogP contribution in [-0.2, 0) is 4.79 Å². The molecule has 0 radical (unpaired) electrons. The van der Waals surface area contributed by atoms with Crippen LogP contribution in [0.2, 0.25) is 0 Å². The second kappa shape index (κ2) is 7.25. The second-order valence-corrected chi connectivity index (χ2v) is 6.94. The molecule has 132 valence electrons. The zero-order valence-electron chi connectivity index (χ0n) is 14.4. The van der Waals surface area contributed by atoms with Crippen molar-refractivity contribution in [2.75, 3.05) is 0 Å². The van der Waals surface area contributed by atoms with Gasteiger partial charge in [0.2, 0.25) is 0 Å². The van der Waals surface area contributed by atoms with E-state index >= 15 is 0 Å². The average molecular weight is 341 g/mol. The molecule has 0 spiro atoms. The topological polar surface area (TPSA) is 82.7 Å². The van der Waals surface area contributed by atoms with E-state index in [4.69, 9.17) is 4.42 Å². The Morgan fingerprint density at radius 2 is 1.80 bits per heavy atom. The number of hydrogen-bond acceptors (Lipinski definition) is 4. The molecule has 1 heterocycles. The van der Waals surface area contributed by atoms with Crippen LogP contribution in [0.15, 0.2) is 46.9 Å². The lowest BCUT2D eigenvalue weighted by Crippen LogP contribution is -2.25. The van der Waals surface area contributed by atoms with Crippen LogP contribution >= 0.6 is 0 Å². The number of hydroxylamine groups is 1. The first kappa shape index (κ1) is 17.5. The van der Waals surface area contributed by atoms with Gasteiger partial charge in [0.1, 0.15) is 11.2 Å². The smallest absolute Gasteiger partial charge is 0.306 e. The summed E-state index contributed by atoms with van der Waals surface area (Å²) in [7, 11) is 0. The molecule has 2 unspecified atom stereocenters. The molecule has 0 amide bonds. The van der Waals surface area contributed by atoms with Crippen LogP contribution in [0.4, 0.5) is 0 Å². The molecule has 5 heteroatoms. The highest BCUT2D eigenvalue weighted by Crippen LogP contribution is 2.32. The highest BCUT2D eigenvalue weighted by Gasteiger charge is 2.24. The molecule has 0 aliphatic heterocycles. The minimum absolute atomic E-state index is 0.278. The van der Waals surface area contributed by atoms with Crippen LogP contribution in [0.1, 0.15) is 38.3 Å². The number of carbonyl (C=O) groups is 1. The van der Waals surface area contributed by atoms with Gasteiger partial charge in [0.25, 0.3) is 0 Å². The van der Waals surface area contributed by atoms with E-state index in [-0.39, 0.29) is 5.92 Å². The number of carboxylic acids is 1. The molecule has 1 aromatic heterocycles. The Kier molecular flexibility index (Phi) is 5.06. The number of fused-ring (bicyclic) bond motifs is 3. The Morgan fingerprint density at radius 3 is 2.48 bits per heavy atom. The number of para-hydroxylation sites is 1. The standard InChI is InChI=1S/C20H23NO4/c1-12(2)9-14(20(22)23)11-17(21-24)13-7-8-19-16(10-13)15-5-3-4-6-18(15)25-19/h3-8,10,12,14,17,21,24H,9,11H2,1-2H3,(H,22,23). The molecule has 0 bridgehead atoms. The quantitative estimate of drug-likeness (QED) is 0.541. The van der Waals surface area contributed by atoms with Crippen LogP contribution in [-0.4, -0.2) is 16.3 Å². The van der Waals surface area contributed by atoms with E-state index in [9.17, 15) is 15.1 Å². The van der Waals surface area contributed by atoms with Crippen molar-refractivity contribution in [1.29, 1.82) is 0 Å². The summed E-state index contributed by atoms with van der Waals surface area (Å²) in [6.45, 7) is 4.00. The molecule has 25 heavy (non-hydrogen) atoms. The Labute approximate surface area is 146 Å². The van der Waals surface area contributed by atoms with Crippen molar-refractivity contribution in [2.45, 2.75) is 32.7 Å². The third-order valence-corrected chi connectivity index (χ3v) is 4.58. The van der Waals surface area contributed by atoms with Crippen molar-refractivity contribution < 1.29 is 19.5 Å². The van der Waals surface area contributed by atoms with Gasteiger partial charge < -0.3 is 14.7 Å². The van der Waals surface area contributed by atoms with Gasteiger partial charge in [-0.2, -0.15) is 5.48 Å². The minimum Gasteiger partial charge on any atom is -0.481 e. The first-order chi connectivity index (χ1) is 12.0. The predicted octanol–water partition coefficient (Wildman–Crippen LogP) is 4.74. The van der Waals surface area contributed by atoms with Crippen molar-refractivity contribution in [2.24, 2.45) is 11.8 Å². The van der Waals surface area contributed by atoms with E-state index in [1.165, 1.54) is 0 Å². The second-order valence-electron chi connectivity index (χ2n) is 6.94. The summed E-state index contributed by atoms with van der Waals surface area (Å²) in [5.74, 6) is -1.06. The van der Waals surface area contributed by atoms with Crippen LogP contribution in [0, 0.1) is 11.8 Å². The molecular weight excluding hydrogens is 318 g/mol. The van der Waals surface area contributed by atoms with Gasteiger partial charge in [-0.15, -0.1) is 0 Å². The normalized spacial score (nSPS) is 14.2. The fraction of sp³-hybridized carbons (Fsp3) is 0.350. The highest BCUT2D eigenvalue weighted by atomic mass is 16.5. The molecule has 5 nitrogen and oxygen atoms in total. The van der Waals surface area contributed by atoms with Gasteiger partial charge in [-0.25, -0.2) is 0 Å². The molecule has 3 aromatic rings. The summed E-state index contributed by atoms with van der Waals surface area (Å²) in [5.41, 5.74) is 4.72. The summed E-state index contributed by atoms with van der Waals surface area (Å²) in [6.07, 6.45) is 0.899. The van der Waals surface area contributed by atoms with Crippen molar-refractivity contribution in [3.63, 3.8) is 0 Å². The van der Waals surface area contributed by atoms with E-state index in [0.29, 0.717) is 12.8 Å². The van der Waals surface area contributed by atoms with Crippen molar-refractivity contribution in [3.05, 3.63) is 48.0 Å². The predicted molar refractivity (Wildman–Crippen MR) is 96.6 cm³/mol. The number of benzene rings is 2. The summed E-state index contributed by atoms with van der Waals surface area (Å²) in [5, 5.41) is 21.1. The lowest BCUT2D eigenvalue weighted by atomic mass is 9.88. The fourth-order valence-corrected chi connectivity index (χ4v) is 3.38. The number of nitrogens with one attached hydrogen (secondary N) is 1. The third kappa shape index (κ3) is 3.67. The average Bonchev–Trinajstić information content (AvgIpc) is 2.96. The van der Waals surface area contributed by atoms with Gasteiger partial charge in [-0.1, -0.05) is 38.1 Å². The van der Waals surface area contributed by atoms with E-state index in [1.807, 2.05) is 56.3 Å². The molecule has 0 saturated carbocycles. The van der Waals surface area contributed by atoms with Crippen LogP contribution in [0.3, 0.4) is 0 Å². The lowest BCUT2D eigenvalue weighted by molar-refractivity contribution is -0.143. The SMILES string of the molecule is CC(C)CC(CC(NO)c1ccc2oc3ccccc3c2c1)C(=O)O. The minimum atomic E-state index is -0.830. The number of rotatable bonds is 7. The van der Waals surface area contributed by atoms with Crippen molar-refractivity contribution >= 4 is 27.9 Å². The van der Waals surface area contributed by atoms with Crippen LogP contribution in [0.25, 0.3) is 21.9 Å². The van der Waals surface area contributed by atoms with E-state index in [2.05, 4.69) is 5.48 Å². The van der Waals surface area contributed by atoms with Gasteiger partial charge in [0.05, 0.1) is 12.0 Å². The summed E-state index contributed by atoms with van der Waals surface area (Å²) in [6, 6.07) is 13.0. The maximum atomic E-state index is 11.5. The first-order valence-corrected chi connectivity index (χ1v) is 8.53. The van der Waals surface area contributed by atoms with Gasteiger partial charge in [-0.3, -0.25) is 4.79 Å². The zero-order valence-corrected chi connectivity index (χ0v) is 14.4. The van der Waals surface area contributed by atoms with Gasteiger partial charge in [0.15, 0.2) is 0 Å². The largest absolute Gasteiger partial charge is 0.481 e. The highest BCUT2D eigenvalue weighted by molar-refractivity contribution is 6.05. The van der Waals surface area contributed by atoms with Gasteiger partial charge in [-0.05, 0) is 42.5 Å². The molecule has 0 aliphatic rings. The van der Waals surface area contributed by atoms with Gasteiger partial charge in [0, 0.05) is 10.8 Å². The maximum absolute atomic E-state index is 11.5. The van der Waals surface area contributed by atoms with Crippen molar-refractivity contribution in [1.82, 2.24) is 5.48 Å². The Bertz CT molecular complexity index is 884. The Hall–Kier alpha value is -2.37. The molecule has 0 aliphatic carbocycles. The molecule has 3 rings (SSSR count). The molecule has 0 fully saturated rings. The van der Waals surface area contributed by atoms with Crippen LogP contribution < -0.4 is 5.48 Å². The monoisotopic (exact) mass is 341 g/mol. The number of hydrogen-bond donors (Lipinski definition) is 3. The Morgan fingerprint density at radius 1 is 1.08 bits per heavy atom. The van der Waals surface area contributed by atoms with E-state index in [0.717, 1.165) is 27.5 Å². The molecule has 2 aromatic carbocycles. The molecule has 3 N–H and O–H groups in total. The first-order valence-electron chi connectivity index (χ1n) is 8.53. The number of carboxylic acid groups (broad SMARTS) is 1. The maximum Gasteiger partial charge on any atom is 0.306 e.